The van der Waals surface area contributed by atoms with Crippen LogP contribution in [0.2, 0.25) is 0 Å². The molecule has 2 aromatic rings. The Balaban J connectivity index is 1.44. The van der Waals surface area contributed by atoms with Gasteiger partial charge in [-0.25, -0.2) is 18.7 Å². The first-order chi connectivity index (χ1) is 12.6. The van der Waals surface area contributed by atoms with E-state index in [0.29, 0.717) is 25.2 Å². The summed E-state index contributed by atoms with van der Waals surface area (Å²) in [5.74, 6) is -0.932. The fourth-order valence-electron chi connectivity index (χ4n) is 3.64. The van der Waals surface area contributed by atoms with E-state index in [1.807, 2.05) is 6.07 Å². The van der Waals surface area contributed by atoms with Gasteiger partial charge in [0.2, 0.25) is 0 Å². The predicted octanol–water partition coefficient (Wildman–Crippen LogP) is 3.03. The molecule has 1 saturated heterocycles. The third-order valence-electron chi connectivity index (χ3n) is 5.08. The summed E-state index contributed by atoms with van der Waals surface area (Å²) in [5.41, 5.74) is -0.0697. The first-order valence-corrected chi connectivity index (χ1v) is 8.92. The van der Waals surface area contributed by atoms with E-state index < -0.39 is 11.6 Å². The molecule has 1 aliphatic carbocycles. The van der Waals surface area contributed by atoms with Gasteiger partial charge < -0.3 is 9.80 Å². The maximum Gasteiger partial charge on any atom is 0.256 e. The van der Waals surface area contributed by atoms with Crippen LogP contribution in [0.1, 0.15) is 36.0 Å². The van der Waals surface area contributed by atoms with E-state index in [-0.39, 0.29) is 11.5 Å². The molecule has 1 aromatic carbocycles. The molecule has 0 N–H and O–H groups in total. The summed E-state index contributed by atoms with van der Waals surface area (Å²) in [6.07, 6.45) is 7.21. The van der Waals surface area contributed by atoms with E-state index in [2.05, 4.69) is 14.9 Å². The molecule has 2 aliphatic rings. The molecule has 0 bridgehead atoms. The van der Waals surface area contributed by atoms with Crippen molar-refractivity contribution in [2.45, 2.75) is 37.8 Å². The lowest BCUT2D eigenvalue weighted by atomic mass is 10.0. The molecule has 1 amide bonds. The van der Waals surface area contributed by atoms with Crippen LogP contribution >= 0.6 is 0 Å². The highest BCUT2D eigenvalue weighted by Crippen LogP contribution is 2.35. The SMILES string of the molecule is O=C(c1ccc(F)cc1F)N1CCC(N(c2ccncn2)C2CC2)CC1. The van der Waals surface area contributed by atoms with Crippen LogP contribution in [0.15, 0.2) is 36.8 Å². The van der Waals surface area contributed by atoms with Crippen LogP contribution in [-0.2, 0) is 0 Å². The molecule has 2 fully saturated rings. The maximum absolute atomic E-state index is 13.9. The van der Waals surface area contributed by atoms with Crippen molar-refractivity contribution in [3.05, 3.63) is 54.0 Å². The zero-order valence-electron chi connectivity index (χ0n) is 14.3. The predicted molar refractivity (Wildman–Crippen MR) is 92.8 cm³/mol. The standard InChI is InChI=1S/C19H20F2N4O/c20-13-1-4-16(17(21)11-13)19(26)24-9-6-15(7-10-24)25(14-2-3-14)18-5-8-22-12-23-18/h1,4-5,8,11-12,14-15H,2-3,6-7,9-10H2. The van der Waals surface area contributed by atoms with Crippen molar-refractivity contribution in [3.8, 4) is 0 Å². The zero-order valence-corrected chi connectivity index (χ0v) is 14.3. The van der Waals surface area contributed by atoms with Gasteiger partial charge in [0.05, 0.1) is 5.56 Å². The van der Waals surface area contributed by atoms with E-state index in [0.717, 1.165) is 43.6 Å². The summed E-state index contributed by atoms with van der Waals surface area (Å²) >= 11 is 0. The van der Waals surface area contributed by atoms with Gasteiger partial charge in [-0.3, -0.25) is 4.79 Å². The number of likely N-dealkylation sites (tertiary alicyclic amines) is 1. The lowest BCUT2D eigenvalue weighted by molar-refractivity contribution is 0.0707. The summed E-state index contributed by atoms with van der Waals surface area (Å²) in [7, 11) is 0. The quantitative estimate of drug-likeness (QED) is 0.843. The van der Waals surface area contributed by atoms with Gasteiger partial charge in [0.15, 0.2) is 0 Å². The van der Waals surface area contributed by atoms with Crippen molar-refractivity contribution in [2.24, 2.45) is 0 Å². The molecule has 0 atom stereocenters. The van der Waals surface area contributed by atoms with Gasteiger partial charge >= 0.3 is 0 Å². The van der Waals surface area contributed by atoms with Crippen LogP contribution in [0.25, 0.3) is 0 Å². The highest BCUT2D eigenvalue weighted by Gasteiger charge is 2.37. The molecule has 2 heterocycles. The minimum absolute atomic E-state index is 0.0697. The van der Waals surface area contributed by atoms with Crippen LogP contribution in [0.5, 0.6) is 0 Å². The van der Waals surface area contributed by atoms with Gasteiger partial charge in [0, 0.05) is 37.4 Å². The lowest BCUT2D eigenvalue weighted by Crippen LogP contribution is -2.48. The summed E-state index contributed by atoms with van der Waals surface area (Å²) < 4.78 is 26.9. The Morgan fingerprint density at radius 2 is 1.81 bits per heavy atom. The van der Waals surface area contributed by atoms with E-state index >= 15 is 0 Å². The van der Waals surface area contributed by atoms with Crippen LogP contribution in [-0.4, -0.2) is 45.9 Å². The fourth-order valence-corrected chi connectivity index (χ4v) is 3.64. The molecule has 5 nitrogen and oxygen atoms in total. The molecular weight excluding hydrogens is 338 g/mol. The first kappa shape index (κ1) is 16.9. The maximum atomic E-state index is 13.9. The van der Waals surface area contributed by atoms with Crippen molar-refractivity contribution in [1.29, 1.82) is 0 Å². The van der Waals surface area contributed by atoms with Gasteiger partial charge in [-0.1, -0.05) is 0 Å². The number of aromatic nitrogens is 2. The minimum atomic E-state index is -0.808. The number of hydrogen-bond acceptors (Lipinski definition) is 4. The number of rotatable bonds is 4. The van der Waals surface area contributed by atoms with Crippen molar-refractivity contribution >= 4 is 11.7 Å². The number of carbonyl (C=O) groups is 1. The molecule has 26 heavy (non-hydrogen) atoms. The van der Waals surface area contributed by atoms with Gasteiger partial charge in [0.25, 0.3) is 5.91 Å². The van der Waals surface area contributed by atoms with Gasteiger partial charge in [-0.2, -0.15) is 0 Å². The van der Waals surface area contributed by atoms with Gasteiger partial charge in [-0.05, 0) is 43.9 Å². The fraction of sp³-hybridized carbons (Fsp3) is 0.421. The second-order valence-electron chi connectivity index (χ2n) is 6.85. The second-order valence-corrected chi connectivity index (χ2v) is 6.85. The van der Waals surface area contributed by atoms with E-state index in [9.17, 15) is 13.6 Å². The summed E-state index contributed by atoms with van der Waals surface area (Å²) in [5, 5.41) is 0. The van der Waals surface area contributed by atoms with Crippen LogP contribution in [0, 0.1) is 11.6 Å². The summed E-state index contributed by atoms with van der Waals surface area (Å²) in [4.78, 5) is 24.9. The Hall–Kier alpha value is -2.57. The zero-order chi connectivity index (χ0) is 18.1. The number of amides is 1. The Kier molecular flexibility index (Phi) is 4.53. The lowest BCUT2D eigenvalue weighted by Gasteiger charge is -2.39. The van der Waals surface area contributed by atoms with Crippen molar-refractivity contribution in [3.63, 3.8) is 0 Å². The van der Waals surface area contributed by atoms with E-state index in [1.165, 1.54) is 6.07 Å². The molecule has 0 unspecified atom stereocenters. The Labute approximate surface area is 150 Å². The Morgan fingerprint density at radius 1 is 1.08 bits per heavy atom. The highest BCUT2D eigenvalue weighted by molar-refractivity contribution is 5.94. The largest absolute Gasteiger partial charge is 0.350 e. The second kappa shape index (κ2) is 6.97. The molecule has 1 aliphatic heterocycles. The number of halogens is 2. The molecule has 7 heteroatoms. The Morgan fingerprint density at radius 3 is 2.42 bits per heavy atom. The normalized spacial score (nSPS) is 18.0. The van der Waals surface area contributed by atoms with Crippen molar-refractivity contribution in [1.82, 2.24) is 14.9 Å². The molecule has 136 valence electrons. The highest BCUT2D eigenvalue weighted by atomic mass is 19.1. The topological polar surface area (TPSA) is 49.3 Å². The van der Waals surface area contributed by atoms with Crippen molar-refractivity contribution < 1.29 is 13.6 Å². The van der Waals surface area contributed by atoms with Crippen LogP contribution in [0.4, 0.5) is 14.6 Å². The number of nitrogens with zero attached hydrogens (tertiary/aromatic N) is 4. The van der Waals surface area contributed by atoms with Crippen LogP contribution < -0.4 is 4.90 Å². The monoisotopic (exact) mass is 358 g/mol. The first-order valence-electron chi connectivity index (χ1n) is 8.92. The number of carbonyl (C=O) groups excluding carboxylic acids is 1. The Bertz CT molecular complexity index is 789. The molecule has 1 aromatic heterocycles. The number of anilines is 1. The molecule has 4 rings (SSSR count). The summed E-state index contributed by atoms with van der Waals surface area (Å²) in [6, 6.07) is 5.82. The minimum Gasteiger partial charge on any atom is -0.350 e. The van der Waals surface area contributed by atoms with Gasteiger partial charge in [0.1, 0.15) is 23.8 Å². The van der Waals surface area contributed by atoms with E-state index in [1.54, 1.807) is 17.4 Å². The van der Waals surface area contributed by atoms with Crippen LogP contribution in [0.3, 0.4) is 0 Å². The third-order valence-corrected chi connectivity index (χ3v) is 5.08. The van der Waals surface area contributed by atoms with E-state index in [4.69, 9.17) is 0 Å². The average molecular weight is 358 g/mol. The molecule has 1 saturated carbocycles. The van der Waals surface area contributed by atoms with Gasteiger partial charge in [-0.15, -0.1) is 0 Å². The third kappa shape index (κ3) is 3.38. The smallest absolute Gasteiger partial charge is 0.256 e. The molecule has 0 radical (unpaired) electrons. The molecular formula is C19H20F2N4O. The van der Waals surface area contributed by atoms with Crippen molar-refractivity contribution in [2.75, 3.05) is 18.0 Å². The number of piperidine rings is 1. The molecule has 0 spiro atoms. The summed E-state index contributed by atoms with van der Waals surface area (Å²) in [6.45, 7) is 1.10. The number of hydrogen-bond donors (Lipinski definition) is 0. The average Bonchev–Trinajstić information content (AvgIpc) is 3.48. The number of benzene rings is 1.